The Kier molecular flexibility index (Phi) is 12.3. The highest BCUT2D eigenvalue weighted by molar-refractivity contribution is 5.93. The van der Waals surface area contributed by atoms with Crippen molar-refractivity contribution in [2.75, 3.05) is 13.1 Å². The van der Waals surface area contributed by atoms with Gasteiger partial charge in [-0.05, 0) is 35.8 Å². The molecule has 0 radical (unpaired) electrons. The monoisotopic (exact) mass is 609 g/mol. The minimum absolute atomic E-state index is 0.0515. The second kappa shape index (κ2) is 15.9. The van der Waals surface area contributed by atoms with Gasteiger partial charge in [0.2, 0.25) is 17.7 Å². The number of aliphatic hydroxyl groups excluding tert-OH is 1. The van der Waals surface area contributed by atoms with Crippen LogP contribution in [0.4, 0.5) is 4.79 Å². The molecular weight excluding hydrogens is 566 g/mol. The average Bonchev–Trinajstić information content (AvgIpc) is 3.48. The van der Waals surface area contributed by atoms with Crippen molar-refractivity contribution in [1.82, 2.24) is 20.9 Å². The molecule has 44 heavy (non-hydrogen) atoms. The standard InChI is InChI=1S/C32H43N5O7/c1-32(2,3)20-34-29(41)25-15-10-16-37(25)30(42)27(39)23(17-21-11-6-4-7-12-21)35-28(40)24(18-26(33)38)36-31(43)44-19-22-13-8-5-9-14-22/h4-9,11-14,23-25,27,39H,10,15-20H2,1-3H3,(H2,33,38)(H,34,41)(H,35,40)(H,36,43)/t23-,24-,25-,27-/m0/s1. The molecule has 2 aromatic carbocycles. The Morgan fingerprint density at radius 1 is 0.977 bits per heavy atom. The van der Waals surface area contributed by atoms with Gasteiger partial charge in [0, 0.05) is 13.1 Å². The summed E-state index contributed by atoms with van der Waals surface area (Å²) in [5.41, 5.74) is 6.63. The molecule has 6 N–H and O–H groups in total. The Morgan fingerprint density at radius 3 is 2.18 bits per heavy atom. The van der Waals surface area contributed by atoms with Crippen LogP contribution in [0, 0.1) is 5.41 Å². The quantitative estimate of drug-likeness (QED) is 0.228. The molecule has 2 aromatic rings. The third kappa shape index (κ3) is 10.7. The number of carbonyl (C=O) groups is 5. The Morgan fingerprint density at radius 2 is 1.59 bits per heavy atom. The first-order valence-electron chi connectivity index (χ1n) is 14.7. The van der Waals surface area contributed by atoms with Crippen molar-refractivity contribution in [3.63, 3.8) is 0 Å². The maximum atomic E-state index is 13.6. The molecule has 5 amide bonds. The summed E-state index contributed by atoms with van der Waals surface area (Å²) in [7, 11) is 0. The van der Waals surface area contributed by atoms with Crippen molar-refractivity contribution in [1.29, 1.82) is 0 Å². The number of alkyl carbamates (subject to hydrolysis) is 1. The van der Waals surface area contributed by atoms with E-state index in [1.807, 2.05) is 26.8 Å². The molecule has 0 unspecified atom stereocenters. The first-order valence-corrected chi connectivity index (χ1v) is 14.7. The minimum Gasteiger partial charge on any atom is -0.445 e. The smallest absolute Gasteiger partial charge is 0.408 e. The summed E-state index contributed by atoms with van der Waals surface area (Å²) >= 11 is 0. The van der Waals surface area contributed by atoms with Crippen LogP contribution < -0.4 is 21.7 Å². The SMILES string of the molecule is CC(C)(C)CNC(=O)[C@@H]1CCCN1C(=O)[C@@H](O)[C@H](Cc1ccccc1)NC(=O)[C@H](CC(N)=O)NC(=O)OCc1ccccc1. The molecule has 3 rings (SSSR count). The second-order valence-corrected chi connectivity index (χ2v) is 12.1. The summed E-state index contributed by atoms with van der Waals surface area (Å²) in [6, 6.07) is 14.4. The minimum atomic E-state index is -1.73. The Balaban J connectivity index is 1.75. The number of nitrogens with two attached hydrogens (primary N) is 1. The van der Waals surface area contributed by atoms with Gasteiger partial charge >= 0.3 is 6.09 Å². The zero-order valence-electron chi connectivity index (χ0n) is 25.5. The molecule has 1 aliphatic rings. The fraction of sp³-hybridized carbons (Fsp3) is 0.469. The zero-order valence-corrected chi connectivity index (χ0v) is 25.5. The maximum Gasteiger partial charge on any atom is 0.408 e. The number of hydrogen-bond donors (Lipinski definition) is 5. The average molecular weight is 610 g/mol. The van der Waals surface area contributed by atoms with Gasteiger partial charge < -0.3 is 36.4 Å². The van der Waals surface area contributed by atoms with E-state index >= 15 is 0 Å². The predicted molar refractivity (Wildman–Crippen MR) is 163 cm³/mol. The lowest BCUT2D eigenvalue weighted by Gasteiger charge is -2.31. The van der Waals surface area contributed by atoms with E-state index in [0.29, 0.717) is 24.9 Å². The number of primary amides is 1. The van der Waals surface area contributed by atoms with Crippen molar-refractivity contribution in [2.24, 2.45) is 11.1 Å². The number of rotatable bonds is 13. The number of benzene rings is 2. The van der Waals surface area contributed by atoms with Crippen molar-refractivity contribution in [3.8, 4) is 0 Å². The molecule has 1 saturated heterocycles. The van der Waals surface area contributed by atoms with Gasteiger partial charge in [-0.2, -0.15) is 0 Å². The number of aliphatic hydroxyl groups is 1. The van der Waals surface area contributed by atoms with Crippen LogP contribution in [0.5, 0.6) is 0 Å². The molecule has 12 heteroatoms. The number of ether oxygens (including phenoxy) is 1. The van der Waals surface area contributed by atoms with E-state index in [1.165, 1.54) is 4.90 Å². The third-order valence-electron chi connectivity index (χ3n) is 7.12. The van der Waals surface area contributed by atoms with Crippen molar-refractivity contribution < 1.29 is 33.8 Å². The highest BCUT2D eigenvalue weighted by Crippen LogP contribution is 2.21. The van der Waals surface area contributed by atoms with E-state index in [9.17, 15) is 29.1 Å². The number of carbonyl (C=O) groups excluding carboxylic acids is 5. The van der Waals surface area contributed by atoms with Gasteiger partial charge in [0.15, 0.2) is 6.10 Å². The van der Waals surface area contributed by atoms with Crippen LogP contribution in [0.25, 0.3) is 0 Å². The van der Waals surface area contributed by atoms with Crippen LogP contribution in [-0.4, -0.2) is 77.0 Å². The highest BCUT2D eigenvalue weighted by atomic mass is 16.5. The lowest BCUT2D eigenvalue weighted by molar-refractivity contribution is -0.147. The summed E-state index contributed by atoms with van der Waals surface area (Å²) in [6.07, 6.45) is -2.15. The number of likely N-dealkylation sites (tertiary alicyclic amines) is 1. The van der Waals surface area contributed by atoms with Crippen LogP contribution in [0.15, 0.2) is 60.7 Å². The van der Waals surface area contributed by atoms with E-state index in [-0.39, 0.29) is 30.9 Å². The molecule has 238 valence electrons. The van der Waals surface area contributed by atoms with Crippen LogP contribution >= 0.6 is 0 Å². The van der Waals surface area contributed by atoms with Crippen LogP contribution in [0.2, 0.25) is 0 Å². The Bertz CT molecular complexity index is 1280. The summed E-state index contributed by atoms with van der Waals surface area (Å²) in [4.78, 5) is 65.6. The number of amides is 5. The molecule has 0 saturated carbocycles. The van der Waals surface area contributed by atoms with Gasteiger partial charge in [-0.25, -0.2) is 4.79 Å². The molecule has 12 nitrogen and oxygen atoms in total. The summed E-state index contributed by atoms with van der Waals surface area (Å²) in [5, 5.41) is 19.2. The summed E-state index contributed by atoms with van der Waals surface area (Å²) in [5.74, 6) is -2.71. The van der Waals surface area contributed by atoms with Crippen molar-refractivity contribution >= 4 is 29.7 Å². The van der Waals surface area contributed by atoms with Gasteiger partial charge in [0.05, 0.1) is 12.5 Å². The third-order valence-corrected chi connectivity index (χ3v) is 7.12. The van der Waals surface area contributed by atoms with E-state index in [0.717, 1.165) is 5.56 Å². The predicted octanol–water partition coefficient (Wildman–Crippen LogP) is 1.40. The summed E-state index contributed by atoms with van der Waals surface area (Å²) < 4.78 is 5.19. The molecular formula is C32H43N5O7. The highest BCUT2D eigenvalue weighted by Gasteiger charge is 2.40. The Hall–Kier alpha value is -4.45. The van der Waals surface area contributed by atoms with Crippen molar-refractivity contribution in [2.45, 2.75) is 77.3 Å². The zero-order chi connectivity index (χ0) is 32.3. The fourth-order valence-corrected chi connectivity index (χ4v) is 4.83. The van der Waals surface area contributed by atoms with Gasteiger partial charge in [-0.3, -0.25) is 19.2 Å². The van der Waals surface area contributed by atoms with Gasteiger partial charge in [-0.1, -0.05) is 81.4 Å². The lowest BCUT2D eigenvalue weighted by atomic mass is 9.96. The molecule has 0 bridgehead atoms. The lowest BCUT2D eigenvalue weighted by Crippen LogP contribution is -2.58. The van der Waals surface area contributed by atoms with Gasteiger partial charge in [0.1, 0.15) is 18.7 Å². The largest absolute Gasteiger partial charge is 0.445 e. The molecule has 0 spiro atoms. The molecule has 1 fully saturated rings. The van der Waals surface area contributed by atoms with Gasteiger partial charge in [-0.15, -0.1) is 0 Å². The normalized spacial score (nSPS) is 16.7. The molecule has 0 aromatic heterocycles. The molecule has 4 atom stereocenters. The van der Waals surface area contributed by atoms with Crippen LogP contribution in [0.1, 0.15) is 51.2 Å². The number of hydrogen-bond acceptors (Lipinski definition) is 7. The Labute approximate surface area is 257 Å². The van der Waals surface area contributed by atoms with E-state index < -0.39 is 54.5 Å². The summed E-state index contributed by atoms with van der Waals surface area (Å²) in [6.45, 7) is 6.57. The van der Waals surface area contributed by atoms with E-state index in [1.54, 1.807) is 54.6 Å². The van der Waals surface area contributed by atoms with Crippen LogP contribution in [-0.2, 0) is 36.9 Å². The molecule has 1 aliphatic heterocycles. The second-order valence-electron chi connectivity index (χ2n) is 12.1. The van der Waals surface area contributed by atoms with E-state index in [4.69, 9.17) is 10.5 Å². The first-order chi connectivity index (χ1) is 20.8. The molecule has 1 heterocycles. The van der Waals surface area contributed by atoms with Crippen LogP contribution in [0.3, 0.4) is 0 Å². The maximum absolute atomic E-state index is 13.6. The first kappa shape index (κ1) is 34.0. The van der Waals surface area contributed by atoms with Crippen molar-refractivity contribution in [3.05, 3.63) is 71.8 Å². The van der Waals surface area contributed by atoms with Gasteiger partial charge in [0.25, 0.3) is 5.91 Å². The fourth-order valence-electron chi connectivity index (χ4n) is 4.83. The number of nitrogens with one attached hydrogen (secondary N) is 3. The number of nitrogens with zero attached hydrogens (tertiary/aromatic N) is 1. The topological polar surface area (TPSA) is 180 Å². The van der Waals surface area contributed by atoms with E-state index in [2.05, 4.69) is 16.0 Å². The molecule has 0 aliphatic carbocycles.